The fourth-order valence-electron chi connectivity index (χ4n) is 3.72. The molecule has 10 heteroatoms. The van der Waals surface area contributed by atoms with E-state index in [1.54, 1.807) is 25.3 Å². The summed E-state index contributed by atoms with van der Waals surface area (Å²) in [6, 6.07) is 14.6. The molecule has 1 saturated heterocycles. The van der Waals surface area contributed by atoms with Crippen molar-refractivity contribution in [3.8, 4) is 5.75 Å². The summed E-state index contributed by atoms with van der Waals surface area (Å²) < 4.78 is 37.9. The number of methoxy groups -OCH3 is 1. The SMILES string of the molecule is COc1ccc(Cl)cc1N1CCC(NC(=O)c2ccc(S(=O)(=O)NCc3ccco3)cc2)C1. The van der Waals surface area contributed by atoms with Gasteiger partial charge in [0.25, 0.3) is 5.91 Å². The molecule has 3 aromatic rings. The molecule has 0 saturated carbocycles. The van der Waals surface area contributed by atoms with Gasteiger partial charge in [0.1, 0.15) is 11.5 Å². The van der Waals surface area contributed by atoms with Crippen LogP contribution in [0.25, 0.3) is 0 Å². The number of ether oxygens (including phenoxy) is 1. The van der Waals surface area contributed by atoms with Crippen LogP contribution in [0.4, 0.5) is 5.69 Å². The van der Waals surface area contributed by atoms with Crippen LogP contribution in [0.1, 0.15) is 22.5 Å². The van der Waals surface area contributed by atoms with Gasteiger partial charge in [0.15, 0.2) is 0 Å². The molecular formula is C23H24ClN3O5S. The lowest BCUT2D eigenvalue weighted by Crippen LogP contribution is -2.37. The molecule has 1 unspecified atom stereocenters. The molecule has 2 aromatic carbocycles. The Kier molecular flexibility index (Phi) is 6.92. The average Bonchev–Trinajstić information content (AvgIpc) is 3.50. The summed E-state index contributed by atoms with van der Waals surface area (Å²) in [5.74, 6) is 0.979. The predicted octanol–water partition coefficient (Wildman–Crippen LogP) is 3.43. The number of sulfonamides is 1. The second kappa shape index (κ2) is 9.86. The number of nitrogens with zero attached hydrogens (tertiary/aromatic N) is 1. The van der Waals surface area contributed by atoms with E-state index in [-0.39, 0.29) is 23.4 Å². The molecule has 174 valence electrons. The summed E-state index contributed by atoms with van der Waals surface area (Å²) in [5.41, 5.74) is 1.28. The highest BCUT2D eigenvalue weighted by molar-refractivity contribution is 7.89. The number of carbonyl (C=O) groups is 1. The summed E-state index contributed by atoms with van der Waals surface area (Å²) >= 11 is 6.14. The molecule has 1 aromatic heterocycles. The fraction of sp³-hybridized carbons (Fsp3) is 0.261. The van der Waals surface area contributed by atoms with Gasteiger partial charge in [-0.3, -0.25) is 4.79 Å². The van der Waals surface area contributed by atoms with E-state index in [1.807, 2.05) is 12.1 Å². The number of carbonyl (C=O) groups excluding carboxylic acids is 1. The van der Waals surface area contributed by atoms with Crippen LogP contribution in [0.5, 0.6) is 5.75 Å². The number of amides is 1. The molecule has 0 spiro atoms. The van der Waals surface area contributed by atoms with Crippen LogP contribution in [0.15, 0.2) is 70.2 Å². The summed E-state index contributed by atoms with van der Waals surface area (Å²) in [6.45, 7) is 1.42. The zero-order valence-corrected chi connectivity index (χ0v) is 19.5. The van der Waals surface area contributed by atoms with Crippen molar-refractivity contribution in [3.63, 3.8) is 0 Å². The van der Waals surface area contributed by atoms with Crippen molar-refractivity contribution in [2.75, 3.05) is 25.1 Å². The van der Waals surface area contributed by atoms with Gasteiger partial charge in [-0.15, -0.1) is 0 Å². The van der Waals surface area contributed by atoms with Crippen molar-refractivity contribution in [1.29, 1.82) is 0 Å². The van der Waals surface area contributed by atoms with Gasteiger partial charge in [-0.05, 0) is 61.0 Å². The first-order valence-corrected chi connectivity index (χ1v) is 12.2. The quantitative estimate of drug-likeness (QED) is 0.502. The van der Waals surface area contributed by atoms with E-state index in [4.69, 9.17) is 20.8 Å². The molecule has 4 rings (SSSR count). The van der Waals surface area contributed by atoms with Crippen LogP contribution in [0.2, 0.25) is 5.02 Å². The molecule has 1 aliphatic heterocycles. The average molecular weight is 490 g/mol. The number of anilines is 1. The van der Waals surface area contributed by atoms with Crippen molar-refractivity contribution < 1.29 is 22.4 Å². The molecule has 33 heavy (non-hydrogen) atoms. The number of rotatable bonds is 8. The maximum atomic E-state index is 12.7. The topological polar surface area (TPSA) is 101 Å². The van der Waals surface area contributed by atoms with Crippen LogP contribution < -0.4 is 19.7 Å². The first kappa shape index (κ1) is 23.2. The zero-order valence-electron chi connectivity index (χ0n) is 18.0. The van der Waals surface area contributed by atoms with Gasteiger partial charge in [-0.25, -0.2) is 13.1 Å². The largest absolute Gasteiger partial charge is 0.495 e. The van der Waals surface area contributed by atoms with E-state index >= 15 is 0 Å². The fourth-order valence-corrected chi connectivity index (χ4v) is 4.88. The van der Waals surface area contributed by atoms with Gasteiger partial charge in [-0.2, -0.15) is 0 Å². The third-order valence-electron chi connectivity index (χ3n) is 5.45. The Bertz CT molecular complexity index is 1210. The normalized spacial score (nSPS) is 16.1. The van der Waals surface area contributed by atoms with Crippen LogP contribution >= 0.6 is 11.6 Å². The van der Waals surface area contributed by atoms with E-state index in [2.05, 4.69) is 14.9 Å². The Balaban J connectivity index is 1.36. The first-order chi connectivity index (χ1) is 15.9. The minimum atomic E-state index is -3.72. The zero-order chi connectivity index (χ0) is 23.4. The van der Waals surface area contributed by atoms with Gasteiger partial charge in [0.2, 0.25) is 10.0 Å². The van der Waals surface area contributed by atoms with E-state index in [9.17, 15) is 13.2 Å². The van der Waals surface area contributed by atoms with Crippen molar-refractivity contribution >= 4 is 33.2 Å². The van der Waals surface area contributed by atoms with Crippen LogP contribution in [-0.4, -0.2) is 40.6 Å². The molecule has 2 heterocycles. The highest BCUT2D eigenvalue weighted by Gasteiger charge is 2.26. The Morgan fingerprint density at radius 3 is 2.70 bits per heavy atom. The summed E-state index contributed by atoms with van der Waals surface area (Å²) in [6.07, 6.45) is 2.25. The maximum Gasteiger partial charge on any atom is 0.251 e. The Labute approximate surface area is 197 Å². The predicted molar refractivity (Wildman–Crippen MR) is 125 cm³/mol. The molecule has 1 fully saturated rings. The van der Waals surface area contributed by atoms with E-state index in [0.29, 0.717) is 22.9 Å². The van der Waals surface area contributed by atoms with Gasteiger partial charge in [-0.1, -0.05) is 11.6 Å². The smallest absolute Gasteiger partial charge is 0.251 e. The highest BCUT2D eigenvalue weighted by Crippen LogP contribution is 2.33. The molecule has 0 bridgehead atoms. The van der Waals surface area contributed by atoms with Crippen molar-refractivity contribution in [1.82, 2.24) is 10.0 Å². The lowest BCUT2D eigenvalue weighted by atomic mass is 10.2. The van der Waals surface area contributed by atoms with Gasteiger partial charge in [0.05, 0.1) is 30.5 Å². The minimum absolute atomic E-state index is 0.0488. The molecular weight excluding hydrogens is 466 g/mol. The number of halogens is 1. The van der Waals surface area contributed by atoms with Crippen LogP contribution in [0.3, 0.4) is 0 Å². The number of hydrogen-bond donors (Lipinski definition) is 2. The first-order valence-electron chi connectivity index (χ1n) is 10.4. The van der Waals surface area contributed by atoms with Crippen molar-refractivity contribution in [3.05, 3.63) is 77.2 Å². The Hall–Kier alpha value is -3.01. The summed E-state index contributed by atoms with van der Waals surface area (Å²) in [4.78, 5) is 14.9. The van der Waals surface area contributed by atoms with E-state index < -0.39 is 10.0 Å². The van der Waals surface area contributed by atoms with Gasteiger partial charge >= 0.3 is 0 Å². The van der Waals surface area contributed by atoms with Crippen LogP contribution in [0, 0.1) is 0 Å². The second-order valence-corrected chi connectivity index (χ2v) is 9.85. The Morgan fingerprint density at radius 2 is 2.00 bits per heavy atom. The highest BCUT2D eigenvalue weighted by atomic mass is 35.5. The van der Waals surface area contributed by atoms with Crippen molar-refractivity contribution in [2.45, 2.75) is 23.9 Å². The molecule has 1 amide bonds. The number of benzene rings is 2. The van der Waals surface area contributed by atoms with E-state index in [0.717, 1.165) is 24.4 Å². The van der Waals surface area contributed by atoms with Gasteiger partial charge in [0, 0.05) is 29.7 Å². The molecule has 0 aliphatic carbocycles. The molecule has 8 nitrogen and oxygen atoms in total. The third-order valence-corrected chi connectivity index (χ3v) is 7.10. The lowest BCUT2D eigenvalue weighted by Gasteiger charge is -2.21. The van der Waals surface area contributed by atoms with Crippen molar-refractivity contribution in [2.24, 2.45) is 0 Å². The van der Waals surface area contributed by atoms with Gasteiger partial charge < -0.3 is 19.4 Å². The number of nitrogens with one attached hydrogen (secondary N) is 2. The summed E-state index contributed by atoms with van der Waals surface area (Å²) in [7, 11) is -2.11. The minimum Gasteiger partial charge on any atom is -0.495 e. The maximum absolute atomic E-state index is 12.7. The monoisotopic (exact) mass is 489 g/mol. The molecule has 1 atom stereocenters. The molecule has 0 radical (unpaired) electrons. The summed E-state index contributed by atoms with van der Waals surface area (Å²) in [5, 5.41) is 3.63. The molecule has 1 aliphatic rings. The Morgan fingerprint density at radius 1 is 1.21 bits per heavy atom. The number of hydrogen-bond acceptors (Lipinski definition) is 6. The van der Waals surface area contributed by atoms with Crippen LogP contribution in [-0.2, 0) is 16.6 Å². The third kappa shape index (κ3) is 5.50. The second-order valence-electron chi connectivity index (χ2n) is 7.65. The number of furan rings is 1. The lowest BCUT2D eigenvalue weighted by molar-refractivity contribution is 0.0940. The standard InChI is InChI=1S/C23H24ClN3O5S/c1-31-22-9-6-17(24)13-21(22)27-11-10-18(15-27)26-23(28)16-4-7-20(8-5-16)33(29,30)25-14-19-3-2-12-32-19/h2-9,12-13,18,25H,10-11,14-15H2,1H3,(H,26,28). The molecule has 2 N–H and O–H groups in total. The van der Waals surface area contributed by atoms with E-state index in [1.165, 1.54) is 30.5 Å².